The van der Waals surface area contributed by atoms with E-state index in [1.807, 2.05) is 6.07 Å². The first-order valence-electron chi connectivity index (χ1n) is 12.6. The van der Waals surface area contributed by atoms with Gasteiger partial charge in [-0.05, 0) is 54.0 Å². The van der Waals surface area contributed by atoms with E-state index in [-0.39, 0.29) is 12.4 Å². The van der Waals surface area contributed by atoms with Crippen LogP contribution in [0, 0.1) is 5.92 Å². The molecule has 1 heterocycles. The van der Waals surface area contributed by atoms with Gasteiger partial charge < -0.3 is 18.9 Å². The van der Waals surface area contributed by atoms with E-state index in [0.717, 1.165) is 38.1 Å². The molecule has 3 aliphatic rings. The Hall–Kier alpha value is -2.18. The summed E-state index contributed by atoms with van der Waals surface area (Å²) in [5.74, 6) is 2.12. The van der Waals surface area contributed by atoms with Crippen LogP contribution < -0.4 is 4.74 Å². The van der Waals surface area contributed by atoms with Crippen molar-refractivity contribution in [1.29, 1.82) is 0 Å². The molecule has 0 spiro atoms. The standard InChI is InChI=1S/C29H37NO4/c1-20-25(11-12-28(20)30-14-13-24(17-30)34-19-29(31-2)32-3)27-16-22-15-23(9-10-26(22)27)33-18-21-7-5-4-6-8-21/h4-11,15,20,24,27-29H,12-14,16-19H2,1-3H3/t20-,24+,27?,28-/m1/s1. The smallest absolute Gasteiger partial charge is 0.180 e. The van der Waals surface area contributed by atoms with Crippen LogP contribution in [0.25, 0.3) is 0 Å². The van der Waals surface area contributed by atoms with Crippen LogP contribution in [0.15, 0.2) is 60.2 Å². The summed E-state index contributed by atoms with van der Waals surface area (Å²) in [6, 6.07) is 17.6. The average Bonchev–Trinajstić information content (AvgIpc) is 3.47. The Bertz CT molecular complexity index is 987. The van der Waals surface area contributed by atoms with Gasteiger partial charge >= 0.3 is 0 Å². The molecular formula is C29H37NO4. The molecule has 5 heteroatoms. The predicted molar refractivity (Wildman–Crippen MR) is 133 cm³/mol. The van der Waals surface area contributed by atoms with Gasteiger partial charge in [0.1, 0.15) is 12.4 Å². The van der Waals surface area contributed by atoms with Crippen molar-refractivity contribution in [2.75, 3.05) is 33.9 Å². The average molecular weight is 464 g/mol. The molecule has 1 saturated heterocycles. The summed E-state index contributed by atoms with van der Waals surface area (Å²) < 4.78 is 22.6. The summed E-state index contributed by atoms with van der Waals surface area (Å²) >= 11 is 0. The third kappa shape index (κ3) is 4.94. The Morgan fingerprint density at radius 2 is 1.88 bits per heavy atom. The maximum Gasteiger partial charge on any atom is 0.180 e. The third-order valence-electron chi connectivity index (χ3n) is 7.90. The number of benzene rings is 2. The molecule has 0 amide bonds. The van der Waals surface area contributed by atoms with Crippen LogP contribution >= 0.6 is 0 Å². The quantitative estimate of drug-likeness (QED) is 0.368. The Morgan fingerprint density at radius 3 is 2.65 bits per heavy atom. The molecule has 0 saturated carbocycles. The van der Waals surface area contributed by atoms with Gasteiger partial charge in [-0.25, -0.2) is 0 Å². The Balaban J connectivity index is 1.13. The number of hydrogen-bond acceptors (Lipinski definition) is 5. The van der Waals surface area contributed by atoms with Gasteiger partial charge in [0, 0.05) is 39.3 Å². The van der Waals surface area contributed by atoms with Crippen LogP contribution in [0.4, 0.5) is 0 Å². The first-order chi connectivity index (χ1) is 16.7. The summed E-state index contributed by atoms with van der Waals surface area (Å²) in [5.41, 5.74) is 5.75. The van der Waals surface area contributed by atoms with Gasteiger partial charge in [0.05, 0.1) is 12.7 Å². The molecule has 182 valence electrons. The molecule has 34 heavy (non-hydrogen) atoms. The number of hydrogen-bond donors (Lipinski definition) is 0. The van der Waals surface area contributed by atoms with Gasteiger partial charge in [-0.2, -0.15) is 0 Å². The van der Waals surface area contributed by atoms with Gasteiger partial charge in [0.2, 0.25) is 0 Å². The van der Waals surface area contributed by atoms with Crippen molar-refractivity contribution in [3.63, 3.8) is 0 Å². The van der Waals surface area contributed by atoms with Crippen LogP contribution in [0.5, 0.6) is 5.75 Å². The number of likely N-dealkylation sites (tertiary alicyclic amines) is 1. The maximum absolute atomic E-state index is 6.06. The minimum Gasteiger partial charge on any atom is -0.489 e. The molecule has 1 aliphatic heterocycles. The Kier molecular flexibility index (Phi) is 7.35. The molecule has 5 nitrogen and oxygen atoms in total. The highest BCUT2D eigenvalue weighted by molar-refractivity contribution is 5.50. The van der Waals surface area contributed by atoms with Crippen molar-refractivity contribution in [3.8, 4) is 5.75 Å². The number of methoxy groups -OCH3 is 2. The number of fused-ring (bicyclic) bond motifs is 1. The summed E-state index contributed by atoms with van der Waals surface area (Å²) in [5, 5.41) is 0. The molecule has 5 rings (SSSR count). The Morgan fingerprint density at radius 1 is 1.06 bits per heavy atom. The predicted octanol–water partition coefficient (Wildman–Crippen LogP) is 4.95. The second kappa shape index (κ2) is 10.6. The molecule has 2 aromatic rings. The van der Waals surface area contributed by atoms with Gasteiger partial charge in [0.15, 0.2) is 6.29 Å². The second-order valence-corrected chi connectivity index (χ2v) is 9.83. The SMILES string of the molecule is COC(CO[C@H]1CCN([C@@H]2CC=C(C3Cc4cc(OCc5ccccc5)ccc43)[C@H]2C)C1)OC. The lowest BCUT2D eigenvalue weighted by Crippen LogP contribution is -2.38. The largest absolute Gasteiger partial charge is 0.489 e. The van der Waals surface area contributed by atoms with Crippen molar-refractivity contribution in [1.82, 2.24) is 4.90 Å². The van der Waals surface area contributed by atoms with Crippen LogP contribution in [-0.4, -0.2) is 57.3 Å². The number of rotatable bonds is 10. The molecule has 0 aromatic heterocycles. The Labute approximate surface area is 203 Å². The molecule has 1 unspecified atom stereocenters. The summed E-state index contributed by atoms with van der Waals surface area (Å²) in [4.78, 5) is 2.63. The van der Waals surface area contributed by atoms with Gasteiger partial charge in [0.25, 0.3) is 0 Å². The molecule has 2 aromatic carbocycles. The van der Waals surface area contributed by atoms with E-state index in [4.69, 9.17) is 18.9 Å². The molecule has 0 radical (unpaired) electrons. The lowest BCUT2D eigenvalue weighted by molar-refractivity contribution is -0.150. The number of nitrogens with zero attached hydrogens (tertiary/aromatic N) is 1. The van der Waals surface area contributed by atoms with E-state index < -0.39 is 0 Å². The first kappa shape index (κ1) is 23.6. The topological polar surface area (TPSA) is 40.2 Å². The van der Waals surface area contributed by atoms with Crippen molar-refractivity contribution < 1.29 is 18.9 Å². The van der Waals surface area contributed by atoms with E-state index in [9.17, 15) is 0 Å². The van der Waals surface area contributed by atoms with E-state index in [0.29, 0.717) is 31.1 Å². The fourth-order valence-electron chi connectivity index (χ4n) is 5.86. The van der Waals surface area contributed by atoms with Gasteiger partial charge in [-0.1, -0.05) is 55.0 Å². The normalized spacial score (nSPS) is 26.4. The van der Waals surface area contributed by atoms with Crippen molar-refractivity contribution in [3.05, 3.63) is 76.9 Å². The van der Waals surface area contributed by atoms with Gasteiger partial charge in [-0.15, -0.1) is 0 Å². The highest BCUT2D eigenvalue weighted by atomic mass is 16.7. The monoisotopic (exact) mass is 463 g/mol. The van der Waals surface area contributed by atoms with Crippen molar-refractivity contribution >= 4 is 0 Å². The molecule has 1 fully saturated rings. The van der Waals surface area contributed by atoms with Crippen LogP contribution in [0.3, 0.4) is 0 Å². The highest BCUT2D eigenvalue weighted by Gasteiger charge is 2.40. The van der Waals surface area contributed by atoms with Crippen molar-refractivity contribution in [2.45, 2.75) is 57.1 Å². The minimum absolute atomic E-state index is 0.266. The van der Waals surface area contributed by atoms with E-state index in [1.165, 1.54) is 16.7 Å². The summed E-state index contributed by atoms with van der Waals surface area (Å²) in [7, 11) is 3.31. The molecular weight excluding hydrogens is 426 g/mol. The molecule has 0 bridgehead atoms. The zero-order valence-corrected chi connectivity index (χ0v) is 20.6. The molecule has 2 aliphatic carbocycles. The third-order valence-corrected chi connectivity index (χ3v) is 7.90. The van der Waals surface area contributed by atoms with Crippen LogP contribution in [-0.2, 0) is 27.2 Å². The molecule has 4 atom stereocenters. The first-order valence-corrected chi connectivity index (χ1v) is 12.6. The highest BCUT2D eigenvalue weighted by Crippen LogP contribution is 2.48. The summed E-state index contributed by atoms with van der Waals surface area (Å²) in [6.45, 7) is 5.63. The van der Waals surface area contributed by atoms with Crippen LogP contribution in [0.1, 0.15) is 42.4 Å². The lowest BCUT2D eigenvalue weighted by atomic mass is 9.71. The fraction of sp³-hybridized carbons (Fsp3) is 0.517. The van der Waals surface area contributed by atoms with E-state index in [1.54, 1.807) is 19.8 Å². The van der Waals surface area contributed by atoms with E-state index >= 15 is 0 Å². The van der Waals surface area contributed by atoms with Crippen LogP contribution in [0.2, 0.25) is 0 Å². The summed E-state index contributed by atoms with van der Waals surface area (Å²) in [6.07, 6.45) is 5.85. The fourth-order valence-corrected chi connectivity index (χ4v) is 5.86. The van der Waals surface area contributed by atoms with Gasteiger partial charge in [-0.3, -0.25) is 4.90 Å². The minimum atomic E-state index is -0.282. The second-order valence-electron chi connectivity index (χ2n) is 9.83. The lowest BCUT2D eigenvalue weighted by Gasteiger charge is -2.36. The number of ether oxygens (including phenoxy) is 4. The van der Waals surface area contributed by atoms with Crippen molar-refractivity contribution in [2.24, 2.45) is 5.92 Å². The molecule has 0 N–H and O–H groups in total. The zero-order valence-electron chi connectivity index (χ0n) is 20.6. The zero-order chi connectivity index (χ0) is 23.5. The maximum atomic E-state index is 6.06. The van der Waals surface area contributed by atoms with E-state index in [2.05, 4.69) is 60.4 Å².